The summed E-state index contributed by atoms with van der Waals surface area (Å²) in [4.78, 5) is 25.6. The molecule has 0 saturated carbocycles. The quantitative estimate of drug-likeness (QED) is 0.773. The zero-order valence-electron chi connectivity index (χ0n) is 15.9. The number of carbonyl (C=O) groups excluding carboxylic acids is 2. The summed E-state index contributed by atoms with van der Waals surface area (Å²) in [7, 11) is 0. The molecule has 27 heavy (non-hydrogen) atoms. The van der Waals surface area contributed by atoms with Crippen molar-refractivity contribution in [1.82, 2.24) is 5.32 Å². The number of amides is 2. The normalized spacial score (nSPS) is 10.6. The molecule has 0 fully saturated rings. The SMILES string of the molecule is CC(=O)N(CC(=O)NCCc1ccc(F)cc1)c1ccc(OC(C)C)cc1. The Labute approximate surface area is 159 Å². The van der Waals surface area contributed by atoms with E-state index in [1.54, 1.807) is 36.4 Å². The van der Waals surface area contributed by atoms with Gasteiger partial charge in [0.15, 0.2) is 0 Å². The second-order valence-corrected chi connectivity index (χ2v) is 6.49. The molecule has 5 nitrogen and oxygen atoms in total. The second kappa shape index (κ2) is 9.71. The molecule has 2 aromatic carbocycles. The van der Waals surface area contributed by atoms with E-state index < -0.39 is 0 Å². The van der Waals surface area contributed by atoms with Crippen LogP contribution in [0, 0.1) is 5.82 Å². The van der Waals surface area contributed by atoms with Crippen molar-refractivity contribution >= 4 is 17.5 Å². The Morgan fingerprint density at radius 3 is 2.26 bits per heavy atom. The van der Waals surface area contributed by atoms with Gasteiger partial charge in [0.1, 0.15) is 18.1 Å². The second-order valence-electron chi connectivity index (χ2n) is 6.49. The minimum atomic E-state index is -0.287. The van der Waals surface area contributed by atoms with Crippen molar-refractivity contribution in [3.63, 3.8) is 0 Å². The summed E-state index contributed by atoms with van der Waals surface area (Å²) in [6.07, 6.45) is 0.652. The number of ether oxygens (including phenoxy) is 1. The summed E-state index contributed by atoms with van der Waals surface area (Å²) in [6, 6.07) is 13.2. The maximum Gasteiger partial charge on any atom is 0.240 e. The van der Waals surface area contributed by atoms with E-state index in [-0.39, 0.29) is 30.3 Å². The third kappa shape index (κ3) is 6.73. The Hall–Kier alpha value is -2.89. The highest BCUT2D eigenvalue weighted by Gasteiger charge is 2.15. The van der Waals surface area contributed by atoms with E-state index in [2.05, 4.69) is 5.32 Å². The summed E-state index contributed by atoms with van der Waals surface area (Å²) in [5.41, 5.74) is 1.56. The van der Waals surface area contributed by atoms with Crippen LogP contribution in [0.4, 0.5) is 10.1 Å². The van der Waals surface area contributed by atoms with Crippen LogP contribution in [-0.4, -0.2) is 31.0 Å². The van der Waals surface area contributed by atoms with Crippen molar-refractivity contribution in [3.8, 4) is 5.75 Å². The van der Waals surface area contributed by atoms with Crippen molar-refractivity contribution in [1.29, 1.82) is 0 Å². The van der Waals surface area contributed by atoms with E-state index in [0.29, 0.717) is 24.4 Å². The molecule has 0 spiro atoms. The Morgan fingerprint density at radius 1 is 1.07 bits per heavy atom. The summed E-state index contributed by atoms with van der Waals surface area (Å²) >= 11 is 0. The van der Waals surface area contributed by atoms with E-state index in [0.717, 1.165) is 5.56 Å². The first kappa shape index (κ1) is 20.4. The first-order chi connectivity index (χ1) is 12.8. The molecule has 0 radical (unpaired) electrons. The number of halogens is 1. The molecule has 2 rings (SSSR count). The van der Waals surface area contributed by atoms with Gasteiger partial charge in [0.2, 0.25) is 11.8 Å². The van der Waals surface area contributed by atoms with Crippen molar-refractivity contribution in [2.75, 3.05) is 18.0 Å². The lowest BCUT2D eigenvalue weighted by Gasteiger charge is -2.21. The molecule has 0 aliphatic carbocycles. The number of nitrogens with one attached hydrogen (secondary N) is 1. The van der Waals surface area contributed by atoms with Crippen LogP contribution >= 0.6 is 0 Å². The Bertz CT molecular complexity index is 758. The summed E-state index contributed by atoms with van der Waals surface area (Å²) in [5, 5.41) is 2.79. The highest BCUT2D eigenvalue weighted by atomic mass is 19.1. The lowest BCUT2D eigenvalue weighted by Crippen LogP contribution is -2.40. The van der Waals surface area contributed by atoms with Crippen LogP contribution in [0.25, 0.3) is 0 Å². The zero-order chi connectivity index (χ0) is 19.8. The minimum absolute atomic E-state index is 0.0617. The number of anilines is 1. The Kier molecular flexibility index (Phi) is 7.34. The largest absolute Gasteiger partial charge is 0.491 e. The number of benzene rings is 2. The van der Waals surface area contributed by atoms with Crippen LogP contribution in [0.5, 0.6) is 5.75 Å². The molecule has 1 N–H and O–H groups in total. The molecule has 2 aromatic rings. The van der Waals surface area contributed by atoms with Gasteiger partial charge in [0, 0.05) is 19.2 Å². The first-order valence-corrected chi connectivity index (χ1v) is 8.91. The monoisotopic (exact) mass is 372 g/mol. The van der Waals surface area contributed by atoms with Gasteiger partial charge >= 0.3 is 0 Å². The summed E-state index contributed by atoms with van der Waals surface area (Å²) in [6.45, 7) is 5.64. The van der Waals surface area contributed by atoms with Gasteiger partial charge in [-0.15, -0.1) is 0 Å². The molecule has 0 aliphatic heterocycles. The van der Waals surface area contributed by atoms with Crippen LogP contribution < -0.4 is 15.0 Å². The molecular formula is C21H25FN2O3. The topological polar surface area (TPSA) is 58.6 Å². The lowest BCUT2D eigenvalue weighted by molar-refractivity contribution is -0.123. The van der Waals surface area contributed by atoms with E-state index in [1.807, 2.05) is 13.8 Å². The predicted octanol–water partition coefficient (Wildman–Crippen LogP) is 3.32. The van der Waals surface area contributed by atoms with Crippen LogP contribution in [0.15, 0.2) is 48.5 Å². The van der Waals surface area contributed by atoms with E-state index in [1.165, 1.54) is 24.0 Å². The standard InChI is InChI=1S/C21H25FN2O3/c1-15(2)27-20-10-8-19(9-11-20)24(16(3)25)14-21(26)23-13-12-17-4-6-18(22)7-5-17/h4-11,15H,12-14H2,1-3H3,(H,23,26). The van der Waals surface area contributed by atoms with Crippen molar-refractivity contribution in [2.24, 2.45) is 0 Å². The molecule has 0 atom stereocenters. The number of nitrogens with zero attached hydrogens (tertiary/aromatic N) is 1. The molecule has 144 valence electrons. The maximum absolute atomic E-state index is 12.9. The van der Waals surface area contributed by atoms with Gasteiger partial charge in [-0.1, -0.05) is 12.1 Å². The van der Waals surface area contributed by atoms with Crippen LogP contribution in [0.2, 0.25) is 0 Å². The highest BCUT2D eigenvalue weighted by molar-refractivity contribution is 5.97. The van der Waals surface area contributed by atoms with E-state index in [4.69, 9.17) is 4.74 Å². The molecule has 0 aromatic heterocycles. The van der Waals surface area contributed by atoms with Gasteiger partial charge in [0.05, 0.1) is 6.10 Å². The molecule has 0 aliphatic rings. The van der Waals surface area contributed by atoms with Crippen molar-refractivity contribution in [3.05, 3.63) is 59.9 Å². The Morgan fingerprint density at radius 2 is 1.70 bits per heavy atom. The molecule has 6 heteroatoms. The molecule has 0 heterocycles. The van der Waals surface area contributed by atoms with Gasteiger partial charge in [-0.05, 0) is 62.2 Å². The number of rotatable bonds is 8. The summed E-state index contributed by atoms with van der Waals surface area (Å²) in [5.74, 6) is -0.0540. The number of hydrogen-bond donors (Lipinski definition) is 1. The van der Waals surface area contributed by atoms with Gasteiger partial charge in [-0.2, -0.15) is 0 Å². The fourth-order valence-corrected chi connectivity index (χ4v) is 2.56. The number of hydrogen-bond acceptors (Lipinski definition) is 3. The van der Waals surface area contributed by atoms with Crippen LogP contribution in [0.1, 0.15) is 26.3 Å². The van der Waals surface area contributed by atoms with Gasteiger partial charge < -0.3 is 15.0 Å². The smallest absolute Gasteiger partial charge is 0.240 e. The average molecular weight is 372 g/mol. The van der Waals surface area contributed by atoms with Gasteiger partial charge in [-0.25, -0.2) is 4.39 Å². The number of carbonyl (C=O) groups is 2. The van der Waals surface area contributed by atoms with Crippen molar-refractivity contribution < 1.29 is 18.7 Å². The highest BCUT2D eigenvalue weighted by Crippen LogP contribution is 2.20. The van der Waals surface area contributed by atoms with Crippen molar-refractivity contribution in [2.45, 2.75) is 33.3 Å². The first-order valence-electron chi connectivity index (χ1n) is 8.91. The molecule has 0 unspecified atom stereocenters. The third-order valence-corrected chi connectivity index (χ3v) is 3.85. The third-order valence-electron chi connectivity index (χ3n) is 3.85. The average Bonchev–Trinajstić information content (AvgIpc) is 2.61. The van der Waals surface area contributed by atoms with Gasteiger partial charge in [0.25, 0.3) is 0 Å². The fraction of sp³-hybridized carbons (Fsp3) is 0.333. The van der Waals surface area contributed by atoms with Crippen LogP contribution in [0.3, 0.4) is 0 Å². The predicted molar refractivity (Wildman–Crippen MR) is 103 cm³/mol. The molecule has 0 saturated heterocycles. The molecular weight excluding hydrogens is 347 g/mol. The Balaban J connectivity index is 1.89. The minimum Gasteiger partial charge on any atom is -0.491 e. The van der Waals surface area contributed by atoms with Gasteiger partial charge in [-0.3, -0.25) is 9.59 Å². The van der Waals surface area contributed by atoms with Crippen LogP contribution in [-0.2, 0) is 16.0 Å². The summed E-state index contributed by atoms with van der Waals surface area (Å²) < 4.78 is 18.5. The molecule has 2 amide bonds. The molecule has 0 bridgehead atoms. The maximum atomic E-state index is 12.9. The fourth-order valence-electron chi connectivity index (χ4n) is 2.56. The van der Waals surface area contributed by atoms with E-state index >= 15 is 0 Å². The zero-order valence-corrected chi connectivity index (χ0v) is 15.9. The lowest BCUT2D eigenvalue weighted by atomic mass is 10.1. The van der Waals surface area contributed by atoms with E-state index in [9.17, 15) is 14.0 Å².